The normalized spacial score (nSPS) is 25.1. The van der Waals surface area contributed by atoms with E-state index in [4.69, 9.17) is 4.74 Å². The molecule has 1 aliphatic carbocycles. The van der Waals surface area contributed by atoms with Crippen molar-refractivity contribution >= 4 is 6.29 Å². The lowest BCUT2D eigenvalue weighted by atomic mass is 9.94. The lowest BCUT2D eigenvalue weighted by molar-refractivity contribution is -0.108. The van der Waals surface area contributed by atoms with Crippen LogP contribution in [0.3, 0.4) is 0 Å². The summed E-state index contributed by atoms with van der Waals surface area (Å²) in [5, 5.41) is 0. The molecule has 2 fully saturated rings. The van der Waals surface area contributed by atoms with Gasteiger partial charge in [-0.2, -0.15) is 0 Å². The van der Waals surface area contributed by atoms with E-state index >= 15 is 0 Å². The van der Waals surface area contributed by atoms with Crippen LogP contribution >= 0.6 is 0 Å². The molecule has 0 aromatic heterocycles. The highest BCUT2D eigenvalue weighted by Gasteiger charge is 2.39. The molecule has 0 radical (unpaired) electrons. The molecule has 0 bridgehead atoms. The minimum Gasteiger partial charge on any atom is -0.373 e. The fourth-order valence-electron chi connectivity index (χ4n) is 5.36. The van der Waals surface area contributed by atoms with E-state index in [1.165, 1.54) is 61.9 Å². The van der Waals surface area contributed by atoms with Gasteiger partial charge in [-0.1, -0.05) is 67.4 Å². The zero-order chi connectivity index (χ0) is 20.6. The summed E-state index contributed by atoms with van der Waals surface area (Å²) in [6.45, 7) is 3.09. The van der Waals surface area contributed by atoms with Gasteiger partial charge in [-0.25, -0.2) is 0 Å². The topological polar surface area (TPSA) is 29.5 Å². The fraction of sp³-hybridized carbons (Fsp3) is 0.519. The molecule has 1 aliphatic heterocycles. The van der Waals surface area contributed by atoms with Crippen LogP contribution in [0.4, 0.5) is 0 Å². The molecule has 0 unspecified atom stereocenters. The Bertz CT molecular complexity index is 765. The molecule has 1 heterocycles. The quantitative estimate of drug-likeness (QED) is 0.514. The van der Waals surface area contributed by atoms with Crippen molar-refractivity contribution in [1.82, 2.24) is 4.90 Å². The molecule has 2 aromatic rings. The number of ether oxygens (including phenoxy) is 1. The van der Waals surface area contributed by atoms with E-state index in [9.17, 15) is 4.79 Å². The number of benzene rings is 2. The van der Waals surface area contributed by atoms with Gasteiger partial charge in [0.15, 0.2) is 0 Å². The number of aldehydes is 1. The van der Waals surface area contributed by atoms with Crippen molar-refractivity contribution in [2.24, 2.45) is 5.92 Å². The predicted molar refractivity (Wildman–Crippen MR) is 122 cm³/mol. The van der Waals surface area contributed by atoms with Crippen molar-refractivity contribution in [3.05, 3.63) is 60.2 Å². The van der Waals surface area contributed by atoms with Gasteiger partial charge in [-0.3, -0.25) is 0 Å². The van der Waals surface area contributed by atoms with Crippen LogP contribution in [0.5, 0.6) is 0 Å². The average Bonchev–Trinajstić information content (AvgIpc) is 3.00. The Labute approximate surface area is 181 Å². The zero-order valence-corrected chi connectivity index (χ0v) is 18.0. The monoisotopic (exact) mass is 405 g/mol. The van der Waals surface area contributed by atoms with Crippen LogP contribution in [-0.2, 0) is 16.1 Å². The van der Waals surface area contributed by atoms with Gasteiger partial charge >= 0.3 is 0 Å². The van der Waals surface area contributed by atoms with Crippen LogP contribution in [0.1, 0.15) is 56.9 Å². The maximum absolute atomic E-state index is 11.1. The van der Waals surface area contributed by atoms with E-state index in [2.05, 4.69) is 53.4 Å². The Morgan fingerprint density at radius 3 is 2.27 bits per heavy atom. The van der Waals surface area contributed by atoms with Crippen LogP contribution < -0.4 is 0 Å². The second-order valence-corrected chi connectivity index (χ2v) is 8.92. The number of carbonyl (C=O) groups is 1. The van der Waals surface area contributed by atoms with Crippen molar-refractivity contribution < 1.29 is 9.53 Å². The third-order valence-electron chi connectivity index (χ3n) is 6.97. The number of hydrogen-bond acceptors (Lipinski definition) is 3. The first-order chi connectivity index (χ1) is 14.8. The first-order valence-electron chi connectivity index (χ1n) is 11.8. The number of hydrogen-bond donors (Lipinski definition) is 0. The van der Waals surface area contributed by atoms with Crippen LogP contribution in [0.25, 0.3) is 11.1 Å². The number of carbonyl (C=O) groups excluding carboxylic acids is 1. The van der Waals surface area contributed by atoms with E-state index in [1.807, 2.05) is 6.07 Å². The van der Waals surface area contributed by atoms with E-state index in [0.717, 1.165) is 19.1 Å². The van der Waals surface area contributed by atoms with Crippen molar-refractivity contribution in [1.29, 1.82) is 0 Å². The Morgan fingerprint density at radius 2 is 1.57 bits per heavy atom. The van der Waals surface area contributed by atoms with Gasteiger partial charge in [0, 0.05) is 18.4 Å². The largest absolute Gasteiger partial charge is 0.373 e. The van der Waals surface area contributed by atoms with Gasteiger partial charge < -0.3 is 14.4 Å². The van der Waals surface area contributed by atoms with E-state index < -0.39 is 0 Å². The van der Waals surface area contributed by atoms with Gasteiger partial charge in [-0.15, -0.1) is 0 Å². The fourth-order valence-corrected chi connectivity index (χ4v) is 5.36. The minimum atomic E-state index is 0.270. The standard InChI is InChI=1S/C27H35NO2/c29-20-8-11-25-26(28-18-6-1-2-7-19-28)16-17-27(25)30-21-22-12-14-24(15-13-22)23-9-4-3-5-10-23/h3-5,9-10,12-15,20,25-27H,1-2,6-8,11,16-19,21H2/t25-,26+,27+/m0/s1. The van der Waals surface area contributed by atoms with Crippen molar-refractivity contribution in [3.63, 3.8) is 0 Å². The summed E-state index contributed by atoms with van der Waals surface area (Å²) in [4.78, 5) is 13.8. The Balaban J connectivity index is 1.37. The summed E-state index contributed by atoms with van der Waals surface area (Å²) in [7, 11) is 0. The van der Waals surface area contributed by atoms with Crippen molar-refractivity contribution in [2.75, 3.05) is 13.1 Å². The highest BCUT2D eigenvalue weighted by atomic mass is 16.5. The minimum absolute atomic E-state index is 0.270. The lowest BCUT2D eigenvalue weighted by Crippen LogP contribution is -2.41. The predicted octanol–water partition coefficient (Wildman–Crippen LogP) is 5.87. The van der Waals surface area contributed by atoms with Crippen molar-refractivity contribution in [3.8, 4) is 11.1 Å². The van der Waals surface area contributed by atoms with Crippen LogP contribution in [0.15, 0.2) is 54.6 Å². The maximum atomic E-state index is 11.1. The molecule has 1 saturated carbocycles. The van der Waals surface area contributed by atoms with Gasteiger partial charge in [0.1, 0.15) is 6.29 Å². The molecule has 30 heavy (non-hydrogen) atoms. The summed E-state index contributed by atoms with van der Waals surface area (Å²) >= 11 is 0. The third kappa shape index (κ3) is 5.39. The molecule has 3 atom stereocenters. The molecule has 0 spiro atoms. The Kier molecular flexibility index (Phi) is 7.71. The zero-order valence-electron chi connectivity index (χ0n) is 18.0. The summed E-state index contributed by atoms with van der Waals surface area (Å²) in [5.41, 5.74) is 3.71. The summed E-state index contributed by atoms with van der Waals surface area (Å²) < 4.78 is 6.45. The molecule has 1 saturated heterocycles. The van der Waals surface area contributed by atoms with Gasteiger partial charge in [-0.05, 0) is 61.9 Å². The Morgan fingerprint density at radius 1 is 0.867 bits per heavy atom. The number of likely N-dealkylation sites (tertiary alicyclic amines) is 1. The summed E-state index contributed by atoms with van der Waals surface area (Å²) in [6.07, 6.45) is 10.6. The first kappa shape index (κ1) is 21.3. The molecule has 3 nitrogen and oxygen atoms in total. The molecular formula is C27H35NO2. The van der Waals surface area contributed by atoms with Crippen LogP contribution in [-0.4, -0.2) is 36.4 Å². The summed E-state index contributed by atoms with van der Waals surface area (Å²) in [5.74, 6) is 0.483. The first-order valence-corrected chi connectivity index (χ1v) is 11.8. The van der Waals surface area contributed by atoms with E-state index in [0.29, 0.717) is 25.0 Å². The smallest absolute Gasteiger partial charge is 0.120 e. The van der Waals surface area contributed by atoms with E-state index in [-0.39, 0.29) is 6.10 Å². The molecule has 0 amide bonds. The molecule has 2 aromatic carbocycles. The summed E-state index contributed by atoms with van der Waals surface area (Å²) in [6, 6.07) is 19.8. The average molecular weight is 406 g/mol. The molecule has 3 heteroatoms. The third-order valence-corrected chi connectivity index (χ3v) is 6.97. The lowest BCUT2D eigenvalue weighted by Gasteiger charge is -2.33. The molecule has 2 aliphatic rings. The maximum Gasteiger partial charge on any atom is 0.120 e. The molecule has 0 N–H and O–H groups in total. The molecular weight excluding hydrogens is 370 g/mol. The second-order valence-electron chi connectivity index (χ2n) is 8.92. The Hall–Kier alpha value is -1.97. The molecule has 160 valence electrons. The van der Waals surface area contributed by atoms with Crippen LogP contribution in [0.2, 0.25) is 0 Å². The highest BCUT2D eigenvalue weighted by Crippen LogP contribution is 2.37. The number of rotatable bonds is 8. The highest BCUT2D eigenvalue weighted by molar-refractivity contribution is 5.63. The van der Waals surface area contributed by atoms with Gasteiger partial charge in [0.25, 0.3) is 0 Å². The van der Waals surface area contributed by atoms with E-state index in [1.54, 1.807) is 0 Å². The number of nitrogens with zero attached hydrogens (tertiary/aromatic N) is 1. The van der Waals surface area contributed by atoms with Crippen molar-refractivity contribution in [2.45, 2.75) is 70.1 Å². The molecule has 4 rings (SSSR count). The second kappa shape index (κ2) is 10.9. The van der Waals surface area contributed by atoms with Gasteiger partial charge in [0.2, 0.25) is 0 Å². The van der Waals surface area contributed by atoms with Gasteiger partial charge in [0.05, 0.1) is 12.7 Å². The SMILES string of the molecule is O=CCC[C@H]1[C@H](N2CCCCCC2)CC[C@H]1OCc1ccc(-c2ccccc2)cc1. The van der Waals surface area contributed by atoms with Crippen LogP contribution in [0, 0.1) is 5.92 Å².